The highest BCUT2D eigenvalue weighted by Gasteiger charge is 2.20. The Morgan fingerprint density at radius 3 is 2.55 bits per heavy atom. The maximum Gasteiger partial charge on any atom is 0.273 e. The van der Waals surface area contributed by atoms with E-state index in [0.29, 0.717) is 27.9 Å². The van der Waals surface area contributed by atoms with Gasteiger partial charge in [0.2, 0.25) is 5.91 Å². The number of amides is 2. The van der Waals surface area contributed by atoms with Crippen molar-refractivity contribution >= 4 is 28.8 Å². The van der Waals surface area contributed by atoms with E-state index in [0.717, 1.165) is 5.56 Å². The fourth-order valence-corrected chi connectivity index (χ4v) is 3.75. The quantitative estimate of drug-likeness (QED) is 0.575. The van der Waals surface area contributed by atoms with Crippen LogP contribution in [0.5, 0.6) is 17.2 Å². The van der Waals surface area contributed by atoms with Gasteiger partial charge in [-0.25, -0.2) is 4.98 Å². The van der Waals surface area contributed by atoms with Gasteiger partial charge in [0.25, 0.3) is 5.91 Å². The van der Waals surface area contributed by atoms with Crippen LogP contribution in [0.1, 0.15) is 10.5 Å². The normalized spacial score (nSPS) is 10.3. The second-order valence-corrected chi connectivity index (χ2v) is 7.38. The Bertz CT molecular complexity index is 1080. The molecule has 0 fully saturated rings. The van der Waals surface area contributed by atoms with Crippen molar-refractivity contribution in [1.82, 2.24) is 9.88 Å². The predicted molar refractivity (Wildman–Crippen MR) is 119 cm³/mol. The number of carbonyl (C=O) groups is 2. The minimum Gasteiger partial charge on any atom is -0.497 e. The van der Waals surface area contributed by atoms with Crippen LogP contribution in [0.15, 0.2) is 47.8 Å². The van der Waals surface area contributed by atoms with E-state index in [4.69, 9.17) is 14.2 Å². The number of anilines is 1. The van der Waals surface area contributed by atoms with Crippen molar-refractivity contribution in [2.75, 3.05) is 40.2 Å². The molecule has 1 aromatic heterocycles. The van der Waals surface area contributed by atoms with E-state index in [1.54, 1.807) is 64.1 Å². The van der Waals surface area contributed by atoms with Crippen molar-refractivity contribution in [1.29, 1.82) is 0 Å². The van der Waals surface area contributed by atoms with E-state index < -0.39 is 0 Å². The molecule has 3 rings (SSSR count). The van der Waals surface area contributed by atoms with Gasteiger partial charge >= 0.3 is 0 Å². The number of aromatic nitrogens is 1. The molecule has 0 atom stereocenters. The minimum absolute atomic E-state index is 0.120. The molecule has 1 N–H and O–H groups in total. The van der Waals surface area contributed by atoms with Crippen molar-refractivity contribution in [3.8, 4) is 27.8 Å². The second-order valence-electron chi connectivity index (χ2n) is 6.52. The van der Waals surface area contributed by atoms with Gasteiger partial charge in [0.1, 0.15) is 16.5 Å². The lowest BCUT2D eigenvalue weighted by atomic mass is 10.2. The number of carbonyl (C=O) groups excluding carboxylic acids is 2. The van der Waals surface area contributed by atoms with Crippen molar-refractivity contribution in [2.24, 2.45) is 0 Å². The first-order valence-electron chi connectivity index (χ1n) is 9.33. The molecular weight excluding hydrogens is 418 g/mol. The average Bonchev–Trinajstić information content (AvgIpc) is 3.27. The number of ether oxygens (including phenoxy) is 3. The molecule has 8 nitrogen and oxygen atoms in total. The van der Waals surface area contributed by atoms with Crippen LogP contribution in [0.25, 0.3) is 10.6 Å². The van der Waals surface area contributed by atoms with Crippen molar-refractivity contribution in [3.63, 3.8) is 0 Å². The second kappa shape index (κ2) is 9.94. The summed E-state index contributed by atoms with van der Waals surface area (Å²) in [7, 11) is 6.22. The highest BCUT2D eigenvalue weighted by molar-refractivity contribution is 7.13. The molecule has 31 heavy (non-hydrogen) atoms. The molecule has 2 amide bonds. The summed E-state index contributed by atoms with van der Waals surface area (Å²) in [6.07, 6.45) is 0. The Hall–Kier alpha value is -3.59. The van der Waals surface area contributed by atoms with Crippen LogP contribution >= 0.6 is 11.3 Å². The lowest BCUT2D eigenvalue weighted by molar-refractivity contribution is -0.116. The fourth-order valence-electron chi connectivity index (χ4n) is 2.94. The van der Waals surface area contributed by atoms with Crippen molar-refractivity contribution in [2.45, 2.75) is 0 Å². The zero-order chi connectivity index (χ0) is 22.4. The monoisotopic (exact) mass is 441 g/mol. The zero-order valence-corrected chi connectivity index (χ0v) is 18.5. The first-order chi connectivity index (χ1) is 15.0. The molecule has 0 aliphatic carbocycles. The Morgan fingerprint density at radius 1 is 1.06 bits per heavy atom. The lowest BCUT2D eigenvalue weighted by Crippen LogP contribution is -2.35. The van der Waals surface area contributed by atoms with Crippen LogP contribution in [-0.4, -0.2) is 56.6 Å². The minimum atomic E-state index is -0.356. The molecule has 0 bridgehead atoms. The van der Waals surface area contributed by atoms with E-state index in [1.165, 1.54) is 16.2 Å². The molecule has 9 heteroatoms. The van der Waals surface area contributed by atoms with Gasteiger partial charge in [0.15, 0.2) is 11.5 Å². The van der Waals surface area contributed by atoms with Crippen LogP contribution in [0.3, 0.4) is 0 Å². The number of likely N-dealkylation sites (N-methyl/N-ethyl adjacent to an activating group) is 1. The van der Waals surface area contributed by atoms with Crippen LogP contribution in [0.4, 0.5) is 5.69 Å². The molecule has 0 radical (unpaired) electrons. The topological polar surface area (TPSA) is 90.0 Å². The summed E-state index contributed by atoms with van der Waals surface area (Å²) in [6, 6.07) is 12.5. The van der Waals surface area contributed by atoms with Gasteiger partial charge in [-0.1, -0.05) is 12.1 Å². The number of para-hydroxylation sites is 1. The number of thiazole rings is 1. The molecule has 0 saturated carbocycles. The first kappa shape index (κ1) is 22.1. The summed E-state index contributed by atoms with van der Waals surface area (Å²) < 4.78 is 15.9. The van der Waals surface area contributed by atoms with E-state index in [-0.39, 0.29) is 24.1 Å². The van der Waals surface area contributed by atoms with Gasteiger partial charge < -0.3 is 24.4 Å². The Balaban J connectivity index is 1.69. The fraction of sp³-hybridized carbons (Fsp3) is 0.227. The average molecular weight is 442 g/mol. The number of nitrogens with zero attached hydrogens (tertiary/aromatic N) is 2. The number of rotatable bonds is 8. The maximum absolute atomic E-state index is 12.8. The molecule has 2 aromatic carbocycles. The summed E-state index contributed by atoms with van der Waals surface area (Å²) in [6.45, 7) is -0.120. The largest absolute Gasteiger partial charge is 0.497 e. The van der Waals surface area contributed by atoms with Gasteiger partial charge in [-0.2, -0.15) is 0 Å². The number of methoxy groups -OCH3 is 3. The smallest absolute Gasteiger partial charge is 0.273 e. The summed E-state index contributed by atoms with van der Waals surface area (Å²) in [5.41, 5.74) is 1.57. The van der Waals surface area contributed by atoms with Gasteiger partial charge in [-0.15, -0.1) is 11.3 Å². The van der Waals surface area contributed by atoms with Gasteiger partial charge in [-0.05, 0) is 24.3 Å². The third-order valence-electron chi connectivity index (χ3n) is 4.44. The predicted octanol–water partition coefficient (Wildman–Crippen LogP) is 3.55. The van der Waals surface area contributed by atoms with Crippen LogP contribution in [0, 0.1) is 0 Å². The first-order valence-corrected chi connectivity index (χ1v) is 10.2. The molecule has 0 aliphatic heterocycles. The summed E-state index contributed by atoms with van der Waals surface area (Å²) in [4.78, 5) is 30.9. The Kier molecular flexibility index (Phi) is 7.09. The maximum atomic E-state index is 12.8. The molecule has 0 unspecified atom stereocenters. The summed E-state index contributed by atoms with van der Waals surface area (Å²) in [5.74, 6) is 1.07. The number of hydrogen-bond acceptors (Lipinski definition) is 7. The van der Waals surface area contributed by atoms with E-state index >= 15 is 0 Å². The van der Waals surface area contributed by atoms with Crippen molar-refractivity contribution < 1.29 is 23.8 Å². The van der Waals surface area contributed by atoms with Crippen LogP contribution in [0.2, 0.25) is 0 Å². The molecule has 0 saturated heterocycles. The van der Waals surface area contributed by atoms with Crippen LogP contribution in [-0.2, 0) is 4.79 Å². The molecule has 0 spiro atoms. The molecule has 0 aliphatic rings. The third-order valence-corrected chi connectivity index (χ3v) is 5.31. The third kappa shape index (κ3) is 5.13. The van der Waals surface area contributed by atoms with Crippen molar-refractivity contribution in [3.05, 3.63) is 53.5 Å². The molecule has 162 valence electrons. The highest BCUT2D eigenvalue weighted by Crippen LogP contribution is 2.39. The summed E-state index contributed by atoms with van der Waals surface area (Å²) >= 11 is 1.31. The zero-order valence-electron chi connectivity index (χ0n) is 17.7. The molecule has 1 heterocycles. The van der Waals surface area contributed by atoms with Gasteiger partial charge in [-0.3, -0.25) is 9.59 Å². The number of benzene rings is 2. The van der Waals surface area contributed by atoms with E-state index in [2.05, 4.69) is 10.3 Å². The van der Waals surface area contributed by atoms with Gasteiger partial charge in [0, 0.05) is 24.2 Å². The van der Waals surface area contributed by atoms with E-state index in [9.17, 15) is 9.59 Å². The number of hydrogen-bond donors (Lipinski definition) is 1. The molecule has 3 aromatic rings. The standard InChI is InChI=1S/C22H23N3O5S/c1-25(12-19(26)23-14-7-5-8-15(11-14)28-2)22(27)17-13-31-21(24-17)16-9-6-10-18(29-3)20(16)30-4/h5-11,13H,12H2,1-4H3,(H,23,26). The SMILES string of the molecule is COc1cccc(NC(=O)CN(C)C(=O)c2csc(-c3cccc(OC)c3OC)n2)c1. The summed E-state index contributed by atoms with van der Waals surface area (Å²) in [5, 5.41) is 5.03. The lowest BCUT2D eigenvalue weighted by Gasteiger charge is -2.16. The highest BCUT2D eigenvalue weighted by atomic mass is 32.1. The Labute approximate surface area is 184 Å². The molecular formula is C22H23N3O5S. The number of nitrogens with one attached hydrogen (secondary N) is 1. The van der Waals surface area contributed by atoms with Crippen LogP contribution < -0.4 is 19.5 Å². The Morgan fingerprint density at radius 2 is 1.84 bits per heavy atom. The van der Waals surface area contributed by atoms with E-state index in [1.807, 2.05) is 12.1 Å². The van der Waals surface area contributed by atoms with Gasteiger partial charge in [0.05, 0.1) is 33.4 Å².